The lowest BCUT2D eigenvalue weighted by atomic mass is 10.1. The second-order valence-electron chi connectivity index (χ2n) is 5.75. The van der Waals surface area contributed by atoms with Crippen LogP contribution in [0, 0.1) is 0 Å². The lowest BCUT2D eigenvalue weighted by molar-refractivity contribution is 0.415. The Balaban J connectivity index is 1.90. The topological polar surface area (TPSA) is 26.5 Å². The summed E-state index contributed by atoms with van der Waals surface area (Å²) < 4.78 is 7.43. The van der Waals surface area contributed by atoms with Gasteiger partial charge in [-0.05, 0) is 42.0 Å². The van der Waals surface area contributed by atoms with Crippen molar-refractivity contribution in [3.8, 4) is 22.7 Å². The molecule has 0 amide bonds. The summed E-state index contributed by atoms with van der Waals surface area (Å²) in [5, 5.41) is 2.16. The summed E-state index contributed by atoms with van der Waals surface area (Å²) in [6.07, 6.45) is 0. The van der Waals surface area contributed by atoms with Crippen LogP contribution in [0.5, 0.6) is 5.75 Å². The van der Waals surface area contributed by atoms with Crippen molar-refractivity contribution in [1.29, 1.82) is 0 Å². The van der Waals surface area contributed by atoms with Gasteiger partial charge in [0.1, 0.15) is 5.75 Å². The SMILES string of the molecule is COc1ccc(N=c2scc(-c3ccccc3)n2-c2ccccc2)cc1. The fourth-order valence-electron chi connectivity index (χ4n) is 2.79. The first-order valence-corrected chi connectivity index (χ1v) is 9.23. The molecule has 26 heavy (non-hydrogen) atoms. The lowest BCUT2D eigenvalue weighted by Gasteiger charge is -2.09. The van der Waals surface area contributed by atoms with Crippen LogP contribution in [0.15, 0.2) is 95.3 Å². The van der Waals surface area contributed by atoms with Gasteiger partial charge in [0.2, 0.25) is 0 Å². The number of para-hydroxylation sites is 1. The smallest absolute Gasteiger partial charge is 0.195 e. The number of ether oxygens (including phenoxy) is 1. The van der Waals surface area contributed by atoms with Crippen molar-refractivity contribution in [3.05, 3.63) is 95.1 Å². The van der Waals surface area contributed by atoms with Crippen molar-refractivity contribution < 1.29 is 4.74 Å². The van der Waals surface area contributed by atoms with Crippen molar-refractivity contribution in [3.63, 3.8) is 0 Å². The predicted molar refractivity (Wildman–Crippen MR) is 107 cm³/mol. The molecular formula is C22H18N2OS. The molecule has 0 unspecified atom stereocenters. The number of nitrogens with zero attached hydrogens (tertiary/aromatic N) is 2. The van der Waals surface area contributed by atoms with Crippen molar-refractivity contribution in [2.45, 2.75) is 0 Å². The number of rotatable bonds is 4. The lowest BCUT2D eigenvalue weighted by Crippen LogP contribution is -2.13. The molecule has 0 spiro atoms. The number of benzene rings is 3. The minimum atomic E-state index is 0.830. The minimum Gasteiger partial charge on any atom is -0.497 e. The van der Waals surface area contributed by atoms with E-state index in [0.29, 0.717) is 0 Å². The molecule has 0 atom stereocenters. The van der Waals surface area contributed by atoms with E-state index < -0.39 is 0 Å². The Morgan fingerprint density at radius 1 is 0.808 bits per heavy atom. The van der Waals surface area contributed by atoms with E-state index in [1.165, 1.54) is 5.56 Å². The first kappa shape index (κ1) is 16.4. The first-order valence-electron chi connectivity index (χ1n) is 8.35. The van der Waals surface area contributed by atoms with Gasteiger partial charge in [0.25, 0.3) is 0 Å². The number of hydrogen-bond donors (Lipinski definition) is 0. The van der Waals surface area contributed by atoms with Gasteiger partial charge in [0.05, 0.1) is 18.5 Å². The summed E-state index contributed by atoms with van der Waals surface area (Å²) in [7, 11) is 1.67. The van der Waals surface area contributed by atoms with Gasteiger partial charge in [-0.1, -0.05) is 48.5 Å². The first-order chi connectivity index (χ1) is 12.8. The molecule has 128 valence electrons. The zero-order valence-corrected chi connectivity index (χ0v) is 15.2. The van der Waals surface area contributed by atoms with Crippen LogP contribution in [0.4, 0.5) is 5.69 Å². The van der Waals surface area contributed by atoms with Crippen molar-refractivity contribution in [2.24, 2.45) is 4.99 Å². The highest BCUT2D eigenvalue weighted by molar-refractivity contribution is 7.07. The maximum absolute atomic E-state index is 5.23. The molecule has 1 aromatic heterocycles. The molecule has 0 saturated carbocycles. The van der Waals surface area contributed by atoms with Gasteiger partial charge in [0.15, 0.2) is 4.80 Å². The molecule has 3 aromatic carbocycles. The Kier molecular flexibility index (Phi) is 4.67. The fourth-order valence-corrected chi connectivity index (χ4v) is 3.72. The van der Waals surface area contributed by atoms with Gasteiger partial charge in [-0.15, -0.1) is 11.3 Å². The Bertz CT molecular complexity index is 1050. The monoisotopic (exact) mass is 358 g/mol. The van der Waals surface area contributed by atoms with E-state index in [1.807, 2.05) is 48.5 Å². The van der Waals surface area contributed by atoms with Crippen LogP contribution in [0.25, 0.3) is 16.9 Å². The van der Waals surface area contributed by atoms with Gasteiger partial charge in [-0.3, -0.25) is 4.57 Å². The van der Waals surface area contributed by atoms with Crippen LogP contribution in [-0.2, 0) is 0 Å². The summed E-state index contributed by atoms with van der Waals surface area (Å²) >= 11 is 1.64. The zero-order chi connectivity index (χ0) is 17.8. The maximum atomic E-state index is 5.23. The number of hydrogen-bond acceptors (Lipinski definition) is 3. The van der Waals surface area contributed by atoms with E-state index in [0.717, 1.165) is 27.6 Å². The number of thiazole rings is 1. The molecule has 0 fully saturated rings. The van der Waals surface area contributed by atoms with E-state index in [-0.39, 0.29) is 0 Å². The third kappa shape index (κ3) is 3.32. The molecule has 0 bridgehead atoms. The van der Waals surface area contributed by atoms with E-state index in [4.69, 9.17) is 9.73 Å². The molecular weight excluding hydrogens is 340 g/mol. The van der Waals surface area contributed by atoms with Crippen molar-refractivity contribution in [2.75, 3.05) is 7.11 Å². The summed E-state index contributed by atoms with van der Waals surface area (Å²) in [5.74, 6) is 0.830. The van der Waals surface area contributed by atoms with Crippen LogP contribution in [0.2, 0.25) is 0 Å². The van der Waals surface area contributed by atoms with Crippen molar-refractivity contribution in [1.82, 2.24) is 4.57 Å². The molecule has 4 rings (SSSR count). The maximum Gasteiger partial charge on any atom is 0.195 e. The number of aromatic nitrogens is 1. The van der Waals surface area contributed by atoms with Crippen LogP contribution in [0.1, 0.15) is 0 Å². The molecule has 3 nitrogen and oxygen atoms in total. The quantitative estimate of drug-likeness (QED) is 0.477. The predicted octanol–water partition coefficient (Wildman–Crippen LogP) is 5.45. The zero-order valence-electron chi connectivity index (χ0n) is 14.4. The van der Waals surface area contributed by atoms with Crippen LogP contribution >= 0.6 is 11.3 Å². The second kappa shape index (κ2) is 7.42. The summed E-state index contributed by atoms with van der Waals surface area (Å²) in [6.45, 7) is 0. The van der Waals surface area contributed by atoms with Gasteiger partial charge >= 0.3 is 0 Å². The van der Waals surface area contributed by atoms with E-state index in [9.17, 15) is 0 Å². The largest absolute Gasteiger partial charge is 0.497 e. The average Bonchev–Trinajstić information content (AvgIpc) is 3.13. The molecule has 0 N–H and O–H groups in total. The third-order valence-corrected chi connectivity index (χ3v) is 4.92. The van der Waals surface area contributed by atoms with Crippen LogP contribution in [-0.4, -0.2) is 11.7 Å². The normalized spacial score (nSPS) is 11.5. The van der Waals surface area contributed by atoms with Gasteiger partial charge < -0.3 is 4.74 Å². The van der Waals surface area contributed by atoms with E-state index >= 15 is 0 Å². The minimum absolute atomic E-state index is 0.830. The Hall–Kier alpha value is -3.11. The standard InChI is InChI=1S/C22H18N2OS/c1-25-20-14-12-18(13-15-20)23-22-24(19-10-6-3-7-11-19)21(16-26-22)17-8-4-2-5-9-17/h2-16H,1H3. The highest BCUT2D eigenvalue weighted by atomic mass is 32.1. The van der Waals surface area contributed by atoms with Gasteiger partial charge in [-0.2, -0.15) is 0 Å². The van der Waals surface area contributed by atoms with E-state index in [2.05, 4.69) is 46.3 Å². The molecule has 1 heterocycles. The Morgan fingerprint density at radius 3 is 2.12 bits per heavy atom. The molecule has 0 saturated heterocycles. The second-order valence-corrected chi connectivity index (χ2v) is 6.59. The van der Waals surface area contributed by atoms with Crippen molar-refractivity contribution >= 4 is 17.0 Å². The summed E-state index contributed by atoms with van der Waals surface area (Å²) in [5.41, 5.74) is 4.30. The third-order valence-electron chi connectivity index (χ3n) is 4.09. The molecule has 4 heteroatoms. The molecule has 0 radical (unpaired) electrons. The van der Waals surface area contributed by atoms with E-state index in [1.54, 1.807) is 18.4 Å². The molecule has 4 aromatic rings. The molecule has 0 aliphatic heterocycles. The Morgan fingerprint density at radius 2 is 1.46 bits per heavy atom. The van der Waals surface area contributed by atoms with Gasteiger partial charge in [0, 0.05) is 11.1 Å². The Labute approximate surface area is 156 Å². The van der Waals surface area contributed by atoms with Crippen LogP contribution in [0.3, 0.4) is 0 Å². The highest BCUT2D eigenvalue weighted by Crippen LogP contribution is 2.24. The van der Waals surface area contributed by atoms with Gasteiger partial charge in [-0.25, -0.2) is 4.99 Å². The molecule has 0 aliphatic rings. The van der Waals surface area contributed by atoms with Crippen LogP contribution < -0.4 is 9.54 Å². The molecule has 0 aliphatic carbocycles. The summed E-state index contributed by atoms with van der Waals surface area (Å²) in [6, 6.07) is 28.5. The highest BCUT2D eigenvalue weighted by Gasteiger charge is 2.09. The summed E-state index contributed by atoms with van der Waals surface area (Å²) in [4.78, 5) is 5.80. The fraction of sp³-hybridized carbons (Fsp3) is 0.0455. The average molecular weight is 358 g/mol. The number of methoxy groups -OCH3 is 1.